The Labute approximate surface area is 109 Å². The number of benzene rings is 1. The lowest BCUT2D eigenvalue weighted by Crippen LogP contribution is -2.40. The maximum absolute atomic E-state index is 10.9. The lowest BCUT2D eigenvalue weighted by Gasteiger charge is -2.25. The Kier molecular flexibility index (Phi) is 3.02. The van der Waals surface area contributed by atoms with Crippen LogP contribution < -0.4 is 4.90 Å². The third-order valence-electron chi connectivity index (χ3n) is 2.68. The van der Waals surface area contributed by atoms with Crippen LogP contribution in [0.3, 0.4) is 0 Å². The van der Waals surface area contributed by atoms with Gasteiger partial charge in [0.1, 0.15) is 0 Å². The molecule has 0 radical (unpaired) electrons. The molecule has 18 heavy (non-hydrogen) atoms. The smallest absolute Gasteiger partial charge is 0.242 e. The first-order valence-corrected chi connectivity index (χ1v) is 7.31. The van der Waals surface area contributed by atoms with Crippen molar-refractivity contribution >= 4 is 42.0 Å². The maximum atomic E-state index is 10.9. The van der Waals surface area contributed by atoms with E-state index in [9.17, 15) is 8.42 Å². The van der Waals surface area contributed by atoms with Crippen molar-refractivity contribution in [2.24, 2.45) is 0 Å². The number of anilines is 1. The van der Waals surface area contributed by atoms with Crippen LogP contribution in [-0.4, -0.2) is 38.1 Å². The second-order valence-corrected chi connectivity index (χ2v) is 5.77. The summed E-state index contributed by atoms with van der Waals surface area (Å²) in [6, 6.07) is 7.86. The van der Waals surface area contributed by atoms with E-state index in [1.54, 1.807) is 11.3 Å². The first-order valence-electron chi connectivity index (χ1n) is 5.42. The minimum absolute atomic E-state index is 0.0838. The second-order valence-electron chi connectivity index (χ2n) is 3.84. The van der Waals surface area contributed by atoms with E-state index in [0.717, 1.165) is 15.3 Å². The zero-order chi connectivity index (χ0) is 12.5. The molecule has 94 valence electrons. The SMILES string of the molecule is O=S(=O)=C1CN(c2nc3ccccc3s2)CCO1. The standard InChI is InChI=1S/C11H10N2O3S2/c14-18(15)10-7-13(5-6-16-10)11-12-8-3-1-2-4-9(8)17-11/h1-4H,5-7H2. The Balaban J connectivity index is 1.97. The van der Waals surface area contributed by atoms with Crippen LogP contribution in [0.5, 0.6) is 0 Å². The molecular formula is C11H10N2O3S2. The van der Waals surface area contributed by atoms with E-state index < -0.39 is 10.3 Å². The molecule has 1 aromatic carbocycles. The molecule has 2 aromatic rings. The summed E-state index contributed by atoms with van der Waals surface area (Å²) >= 11 is 1.56. The van der Waals surface area contributed by atoms with Crippen LogP contribution in [0, 0.1) is 0 Å². The molecule has 1 aromatic heterocycles. The van der Waals surface area contributed by atoms with Crippen LogP contribution in [0.2, 0.25) is 0 Å². The normalized spacial score (nSPS) is 16.2. The number of thiazole rings is 1. The summed E-state index contributed by atoms with van der Waals surface area (Å²) in [5.74, 6) is 0. The van der Waals surface area contributed by atoms with Crippen LogP contribution in [-0.2, 0) is 15.0 Å². The molecule has 5 nitrogen and oxygen atoms in total. The molecule has 3 rings (SSSR count). The van der Waals surface area contributed by atoms with Crippen LogP contribution in [0.15, 0.2) is 24.3 Å². The van der Waals surface area contributed by atoms with E-state index in [-0.39, 0.29) is 11.6 Å². The molecule has 1 aliphatic heterocycles. The molecule has 0 amide bonds. The number of hydrogen-bond acceptors (Lipinski definition) is 6. The summed E-state index contributed by atoms with van der Waals surface area (Å²) in [6.07, 6.45) is 0. The lowest BCUT2D eigenvalue weighted by molar-refractivity contribution is 0.294. The zero-order valence-electron chi connectivity index (χ0n) is 9.37. The number of hydrogen-bond donors (Lipinski definition) is 0. The monoisotopic (exact) mass is 282 g/mol. The maximum Gasteiger partial charge on any atom is 0.242 e. The van der Waals surface area contributed by atoms with Crippen molar-refractivity contribution in [3.63, 3.8) is 0 Å². The quantitative estimate of drug-likeness (QED) is 0.734. The van der Waals surface area contributed by atoms with Crippen LogP contribution >= 0.6 is 11.3 Å². The van der Waals surface area contributed by atoms with E-state index in [0.29, 0.717) is 13.2 Å². The zero-order valence-corrected chi connectivity index (χ0v) is 11.0. The highest BCUT2D eigenvalue weighted by molar-refractivity contribution is 7.72. The number of ether oxygens (including phenoxy) is 1. The molecule has 0 saturated carbocycles. The molecule has 0 atom stereocenters. The molecule has 0 unspecified atom stereocenters. The van der Waals surface area contributed by atoms with Crippen molar-refractivity contribution in [2.45, 2.75) is 0 Å². The molecule has 0 spiro atoms. The van der Waals surface area contributed by atoms with Gasteiger partial charge in [0, 0.05) is 6.54 Å². The molecule has 0 bridgehead atoms. The molecular weight excluding hydrogens is 272 g/mol. The highest BCUT2D eigenvalue weighted by Gasteiger charge is 2.20. The van der Waals surface area contributed by atoms with Gasteiger partial charge in [0.2, 0.25) is 10.3 Å². The van der Waals surface area contributed by atoms with Crippen LogP contribution in [0.1, 0.15) is 0 Å². The molecule has 0 aliphatic carbocycles. The van der Waals surface area contributed by atoms with Crippen molar-refractivity contribution in [2.75, 3.05) is 24.6 Å². The van der Waals surface area contributed by atoms with Gasteiger partial charge in [-0.2, -0.15) is 8.42 Å². The topological polar surface area (TPSA) is 59.5 Å². The molecule has 1 aliphatic rings. The third-order valence-corrected chi connectivity index (χ3v) is 4.40. The van der Waals surface area contributed by atoms with Crippen molar-refractivity contribution in [3.8, 4) is 0 Å². The first kappa shape index (κ1) is 11.6. The van der Waals surface area contributed by atoms with E-state index >= 15 is 0 Å². The van der Waals surface area contributed by atoms with Crippen molar-refractivity contribution < 1.29 is 13.2 Å². The van der Waals surface area contributed by atoms with Gasteiger partial charge in [0.15, 0.2) is 10.2 Å². The van der Waals surface area contributed by atoms with E-state index in [4.69, 9.17) is 4.74 Å². The van der Waals surface area contributed by atoms with Crippen LogP contribution in [0.4, 0.5) is 5.13 Å². The largest absolute Gasteiger partial charge is 0.338 e. The van der Waals surface area contributed by atoms with Crippen molar-refractivity contribution in [1.82, 2.24) is 4.98 Å². The molecule has 1 fully saturated rings. The Morgan fingerprint density at radius 2 is 2.17 bits per heavy atom. The number of rotatable bonds is 1. The van der Waals surface area contributed by atoms with Gasteiger partial charge in [0.25, 0.3) is 0 Å². The Morgan fingerprint density at radius 3 is 2.94 bits per heavy atom. The predicted octanol–water partition coefficient (Wildman–Crippen LogP) is 1.14. The lowest BCUT2D eigenvalue weighted by atomic mass is 10.3. The van der Waals surface area contributed by atoms with Gasteiger partial charge in [-0.15, -0.1) is 0 Å². The Morgan fingerprint density at radius 1 is 1.33 bits per heavy atom. The highest BCUT2D eigenvalue weighted by Crippen LogP contribution is 2.28. The van der Waals surface area contributed by atoms with E-state index in [2.05, 4.69) is 4.98 Å². The predicted molar refractivity (Wildman–Crippen MR) is 71.7 cm³/mol. The first-order chi connectivity index (χ1) is 8.74. The fourth-order valence-electron chi connectivity index (χ4n) is 1.81. The Bertz CT molecular complexity index is 680. The number of aromatic nitrogens is 1. The fraction of sp³-hybridized carbons (Fsp3) is 0.273. The highest BCUT2D eigenvalue weighted by atomic mass is 32.2. The molecule has 7 heteroatoms. The summed E-state index contributed by atoms with van der Waals surface area (Å²) in [7, 11) is -2.28. The number of para-hydroxylation sites is 1. The molecule has 0 N–H and O–H groups in total. The number of nitrogens with zero attached hydrogens (tertiary/aromatic N) is 2. The molecule has 2 heterocycles. The van der Waals surface area contributed by atoms with Gasteiger partial charge >= 0.3 is 0 Å². The summed E-state index contributed by atoms with van der Waals surface area (Å²) in [5, 5.41) is 0.919. The minimum Gasteiger partial charge on any atom is -0.338 e. The average molecular weight is 282 g/mol. The Hall–Kier alpha value is -1.44. The summed E-state index contributed by atoms with van der Waals surface area (Å²) in [6.45, 7) is 1.29. The van der Waals surface area contributed by atoms with E-state index in [1.807, 2.05) is 29.2 Å². The minimum atomic E-state index is -2.28. The fourth-order valence-corrected chi connectivity index (χ4v) is 3.24. The van der Waals surface area contributed by atoms with Gasteiger partial charge in [-0.05, 0) is 12.1 Å². The summed E-state index contributed by atoms with van der Waals surface area (Å²) in [5.41, 5.74) is 0.939. The summed E-state index contributed by atoms with van der Waals surface area (Å²) < 4.78 is 28.0. The van der Waals surface area contributed by atoms with Gasteiger partial charge in [-0.25, -0.2) is 4.98 Å². The summed E-state index contributed by atoms with van der Waals surface area (Å²) in [4.78, 5) is 6.43. The van der Waals surface area contributed by atoms with Gasteiger partial charge in [0.05, 0.1) is 23.4 Å². The van der Waals surface area contributed by atoms with Crippen LogP contribution in [0.25, 0.3) is 10.2 Å². The van der Waals surface area contributed by atoms with E-state index in [1.165, 1.54) is 0 Å². The van der Waals surface area contributed by atoms with Gasteiger partial charge < -0.3 is 9.64 Å². The number of morpholine rings is 1. The second kappa shape index (κ2) is 4.68. The third kappa shape index (κ3) is 2.12. The van der Waals surface area contributed by atoms with Gasteiger partial charge in [-0.3, -0.25) is 0 Å². The molecule has 1 saturated heterocycles. The number of fused-ring (bicyclic) bond motifs is 1. The van der Waals surface area contributed by atoms with Gasteiger partial charge in [-0.1, -0.05) is 23.5 Å². The average Bonchev–Trinajstić information content (AvgIpc) is 2.82. The van der Waals surface area contributed by atoms with Crippen molar-refractivity contribution in [1.29, 1.82) is 0 Å². The van der Waals surface area contributed by atoms with Crippen molar-refractivity contribution in [3.05, 3.63) is 24.3 Å².